The molecule has 0 bridgehead atoms. The fraction of sp³-hybridized carbons (Fsp3) is 0.263. The maximum Gasteiger partial charge on any atom is 0.261 e. The summed E-state index contributed by atoms with van der Waals surface area (Å²) in [5, 5.41) is 6.90. The van der Waals surface area contributed by atoms with E-state index in [-0.39, 0.29) is 12.5 Å². The van der Waals surface area contributed by atoms with Gasteiger partial charge in [-0.1, -0.05) is 28.9 Å². The summed E-state index contributed by atoms with van der Waals surface area (Å²) >= 11 is 6.12. The van der Waals surface area contributed by atoms with Crippen molar-refractivity contribution in [3.8, 4) is 17.2 Å². The molecule has 0 aromatic heterocycles. The van der Waals surface area contributed by atoms with E-state index in [1.165, 1.54) is 20.4 Å². The molecule has 0 aliphatic carbocycles. The molecular weight excluding hydrogens is 372 g/mol. The maximum absolute atomic E-state index is 11.8. The number of oxime groups is 1. The Kier molecular flexibility index (Phi) is 7.76. The van der Waals surface area contributed by atoms with Crippen LogP contribution in [0, 0.1) is 0 Å². The molecule has 144 valence electrons. The Morgan fingerprint density at radius 1 is 1.11 bits per heavy atom. The summed E-state index contributed by atoms with van der Waals surface area (Å²) in [6.45, 7) is 0.189. The molecule has 8 heteroatoms. The third-order valence-electron chi connectivity index (χ3n) is 3.58. The van der Waals surface area contributed by atoms with Crippen molar-refractivity contribution in [3.63, 3.8) is 0 Å². The average molecular weight is 393 g/mol. The monoisotopic (exact) mass is 392 g/mol. The average Bonchev–Trinajstić information content (AvgIpc) is 2.69. The zero-order chi connectivity index (χ0) is 19.6. The molecule has 0 atom stereocenters. The van der Waals surface area contributed by atoms with E-state index < -0.39 is 0 Å². The quantitative estimate of drug-likeness (QED) is 0.524. The summed E-state index contributed by atoms with van der Waals surface area (Å²) in [6, 6.07) is 10.8. The highest BCUT2D eigenvalue weighted by Crippen LogP contribution is 2.35. The Labute approximate surface area is 162 Å². The van der Waals surface area contributed by atoms with Gasteiger partial charge in [0.2, 0.25) is 0 Å². The number of ether oxygens (including phenoxy) is 3. The number of carbonyl (C=O) groups excluding carboxylic acids is 1. The molecule has 0 spiro atoms. The van der Waals surface area contributed by atoms with Crippen molar-refractivity contribution < 1.29 is 23.8 Å². The number of hydrogen-bond acceptors (Lipinski definition) is 6. The molecular formula is C19H21ClN2O5. The van der Waals surface area contributed by atoms with Crippen LogP contribution < -0.4 is 19.5 Å². The molecule has 0 fully saturated rings. The molecule has 1 N–H and O–H groups in total. The van der Waals surface area contributed by atoms with Crippen molar-refractivity contribution in [1.29, 1.82) is 0 Å². The van der Waals surface area contributed by atoms with Gasteiger partial charge in [-0.05, 0) is 29.8 Å². The molecule has 0 unspecified atom stereocenters. The fourth-order valence-electron chi connectivity index (χ4n) is 2.20. The highest BCUT2D eigenvalue weighted by molar-refractivity contribution is 6.32. The topological polar surface area (TPSA) is 78.4 Å². The lowest BCUT2D eigenvalue weighted by Gasteiger charge is -2.09. The second-order valence-corrected chi connectivity index (χ2v) is 5.78. The number of carbonyl (C=O) groups is 1. The molecule has 7 nitrogen and oxygen atoms in total. The van der Waals surface area contributed by atoms with Crippen LogP contribution in [0.1, 0.15) is 11.1 Å². The third-order valence-corrected chi connectivity index (χ3v) is 3.86. The van der Waals surface area contributed by atoms with Crippen LogP contribution in [0.2, 0.25) is 5.02 Å². The molecule has 0 saturated heterocycles. The van der Waals surface area contributed by atoms with Gasteiger partial charge in [-0.25, -0.2) is 0 Å². The number of halogens is 1. The minimum Gasteiger partial charge on any atom is -0.497 e. The maximum atomic E-state index is 11.8. The molecule has 0 radical (unpaired) electrons. The first-order valence-electron chi connectivity index (χ1n) is 8.04. The van der Waals surface area contributed by atoms with Crippen LogP contribution in [0.4, 0.5) is 0 Å². The van der Waals surface area contributed by atoms with Crippen molar-refractivity contribution in [1.82, 2.24) is 5.32 Å². The fourth-order valence-corrected chi connectivity index (χ4v) is 2.50. The van der Waals surface area contributed by atoms with Crippen LogP contribution in [-0.4, -0.2) is 40.1 Å². The van der Waals surface area contributed by atoms with Gasteiger partial charge in [-0.15, -0.1) is 0 Å². The van der Waals surface area contributed by atoms with Crippen LogP contribution in [0.5, 0.6) is 17.2 Å². The second-order valence-electron chi connectivity index (χ2n) is 5.37. The number of hydrogen-bond donors (Lipinski definition) is 1. The first-order chi connectivity index (χ1) is 13.1. The van der Waals surface area contributed by atoms with Crippen molar-refractivity contribution in [3.05, 3.63) is 52.5 Å². The predicted octanol–water partition coefficient (Wildman–Crippen LogP) is 3.03. The van der Waals surface area contributed by atoms with Gasteiger partial charge >= 0.3 is 0 Å². The number of nitrogens with zero attached hydrogens (tertiary/aromatic N) is 1. The van der Waals surface area contributed by atoms with Crippen LogP contribution in [0.3, 0.4) is 0 Å². The standard InChI is InChI=1S/C19H21ClN2O5/c1-24-15-6-4-13(5-7-15)10-21-18(23)12-27-22-11-14-8-16(20)19(26-3)17(9-14)25-2/h4-9,11H,10,12H2,1-3H3,(H,21,23)/b22-11-. The van der Waals surface area contributed by atoms with Crippen molar-refractivity contribution in [2.75, 3.05) is 27.9 Å². The summed E-state index contributed by atoms with van der Waals surface area (Å²) in [5.41, 5.74) is 1.60. The number of rotatable bonds is 9. The Balaban J connectivity index is 1.81. The molecule has 0 heterocycles. The minimum atomic E-state index is -0.284. The molecule has 1 amide bonds. The SMILES string of the molecule is COc1ccc(CNC(=O)CO/N=C\c2cc(Cl)c(OC)c(OC)c2)cc1. The van der Waals surface area contributed by atoms with Gasteiger partial charge in [0.15, 0.2) is 18.1 Å². The lowest BCUT2D eigenvalue weighted by atomic mass is 10.2. The van der Waals surface area contributed by atoms with E-state index in [0.717, 1.165) is 11.3 Å². The van der Waals surface area contributed by atoms with E-state index >= 15 is 0 Å². The van der Waals surface area contributed by atoms with E-state index in [4.69, 9.17) is 30.6 Å². The van der Waals surface area contributed by atoms with E-state index in [1.807, 2.05) is 24.3 Å². The van der Waals surface area contributed by atoms with E-state index in [2.05, 4.69) is 10.5 Å². The first kappa shape index (κ1) is 20.4. The largest absolute Gasteiger partial charge is 0.497 e. The molecule has 2 aromatic rings. The first-order valence-corrected chi connectivity index (χ1v) is 8.41. The molecule has 2 aromatic carbocycles. The molecule has 2 rings (SSSR count). The number of nitrogens with one attached hydrogen (secondary N) is 1. The lowest BCUT2D eigenvalue weighted by molar-refractivity contribution is -0.125. The van der Waals surface area contributed by atoms with Crippen LogP contribution in [-0.2, 0) is 16.2 Å². The zero-order valence-corrected chi connectivity index (χ0v) is 16.1. The predicted molar refractivity (Wildman–Crippen MR) is 103 cm³/mol. The van der Waals surface area contributed by atoms with E-state index in [0.29, 0.717) is 28.6 Å². The minimum absolute atomic E-state index is 0.201. The smallest absolute Gasteiger partial charge is 0.261 e. The molecule has 0 saturated carbocycles. The van der Waals surface area contributed by atoms with Crippen molar-refractivity contribution >= 4 is 23.7 Å². The zero-order valence-electron chi connectivity index (χ0n) is 15.3. The van der Waals surface area contributed by atoms with Gasteiger partial charge in [0, 0.05) is 12.1 Å². The highest BCUT2D eigenvalue weighted by Gasteiger charge is 2.10. The Morgan fingerprint density at radius 2 is 1.85 bits per heavy atom. The Morgan fingerprint density at radius 3 is 2.48 bits per heavy atom. The summed E-state index contributed by atoms with van der Waals surface area (Å²) in [7, 11) is 4.62. The Bertz CT molecular complexity index is 793. The second kappa shape index (κ2) is 10.3. The normalized spacial score (nSPS) is 10.5. The number of methoxy groups -OCH3 is 3. The number of amides is 1. The van der Waals surface area contributed by atoms with E-state index in [9.17, 15) is 4.79 Å². The van der Waals surface area contributed by atoms with Crippen LogP contribution in [0.25, 0.3) is 0 Å². The van der Waals surface area contributed by atoms with Gasteiger partial charge in [0.1, 0.15) is 5.75 Å². The Hall–Kier alpha value is -2.93. The highest BCUT2D eigenvalue weighted by atomic mass is 35.5. The van der Waals surface area contributed by atoms with Crippen molar-refractivity contribution in [2.45, 2.75) is 6.54 Å². The molecule has 0 aliphatic heterocycles. The van der Waals surface area contributed by atoms with E-state index in [1.54, 1.807) is 19.2 Å². The van der Waals surface area contributed by atoms with Gasteiger partial charge in [-0.2, -0.15) is 0 Å². The van der Waals surface area contributed by atoms with Crippen molar-refractivity contribution in [2.24, 2.45) is 5.16 Å². The third kappa shape index (κ3) is 6.07. The summed E-state index contributed by atoms with van der Waals surface area (Å²) in [4.78, 5) is 16.8. The summed E-state index contributed by atoms with van der Waals surface area (Å²) < 4.78 is 15.5. The van der Waals surface area contributed by atoms with Gasteiger partial charge in [0.25, 0.3) is 5.91 Å². The lowest BCUT2D eigenvalue weighted by Crippen LogP contribution is -2.26. The molecule has 0 aliphatic rings. The van der Waals surface area contributed by atoms with Gasteiger partial charge in [-0.3, -0.25) is 4.79 Å². The summed E-state index contributed by atoms with van der Waals surface area (Å²) in [5.74, 6) is 1.39. The van der Waals surface area contributed by atoms with Crippen LogP contribution in [0.15, 0.2) is 41.6 Å². The van der Waals surface area contributed by atoms with Gasteiger partial charge in [0.05, 0.1) is 32.6 Å². The molecule has 27 heavy (non-hydrogen) atoms. The van der Waals surface area contributed by atoms with Crippen LogP contribution >= 0.6 is 11.6 Å². The number of benzene rings is 2. The van der Waals surface area contributed by atoms with Gasteiger partial charge < -0.3 is 24.4 Å². The summed E-state index contributed by atoms with van der Waals surface area (Å²) in [6.07, 6.45) is 1.44.